The molecule has 13 nitrogen and oxygen atoms in total. The standard InChI is InChI=1S/C32H53N3O6.C9H19N3O/c1-9-22(4)31(34(6)29(37)18-21(2)3)27(41-8)20-30(38)35-17-13-16-25(35)26(40-7)19-28(36)33-23(5)32(39)24-14-11-10-12-15-24;1-7(2)8(9(10)13)12-5-3-11-4-6-12/h10-12,14-15,21-23,25-27,31-32,39H,9,13,16-20H2,1-8H3,(H,33,36);7-8,11H,3-6H2,1-2H3,(H2,10,13)/t22?,23-,25?,26?,27?,31?,32?;/m1./s1. The van der Waals surface area contributed by atoms with Crippen LogP contribution in [0.2, 0.25) is 0 Å². The van der Waals surface area contributed by atoms with Gasteiger partial charge in [0.25, 0.3) is 0 Å². The fraction of sp³-hybridized carbons (Fsp3) is 0.756. The molecule has 0 aliphatic carbocycles. The van der Waals surface area contributed by atoms with Gasteiger partial charge in [-0.1, -0.05) is 78.3 Å². The summed E-state index contributed by atoms with van der Waals surface area (Å²) >= 11 is 0. The molecule has 2 saturated heterocycles. The second-order valence-electron chi connectivity index (χ2n) is 15.8. The van der Waals surface area contributed by atoms with Gasteiger partial charge in [-0.3, -0.25) is 24.1 Å². The van der Waals surface area contributed by atoms with Gasteiger partial charge in [-0.05, 0) is 43.1 Å². The molecule has 1 aromatic carbocycles. The Morgan fingerprint density at radius 1 is 0.963 bits per heavy atom. The van der Waals surface area contributed by atoms with E-state index in [9.17, 15) is 24.3 Å². The van der Waals surface area contributed by atoms with Gasteiger partial charge < -0.3 is 40.7 Å². The van der Waals surface area contributed by atoms with Gasteiger partial charge in [0.2, 0.25) is 23.6 Å². The summed E-state index contributed by atoms with van der Waals surface area (Å²) in [6.07, 6.45) is 1.30. The number of benzene rings is 1. The summed E-state index contributed by atoms with van der Waals surface area (Å²) in [6, 6.07) is 8.16. The molecule has 5 N–H and O–H groups in total. The van der Waals surface area contributed by atoms with Crippen LogP contribution in [0.5, 0.6) is 0 Å². The highest BCUT2D eigenvalue weighted by atomic mass is 16.5. The largest absolute Gasteiger partial charge is 0.386 e. The molecule has 2 aliphatic rings. The van der Waals surface area contributed by atoms with E-state index in [0.717, 1.165) is 51.0 Å². The fourth-order valence-corrected chi connectivity index (χ4v) is 7.80. The number of nitrogens with zero attached hydrogens (tertiary/aromatic N) is 3. The summed E-state index contributed by atoms with van der Waals surface area (Å²) < 4.78 is 11.6. The Morgan fingerprint density at radius 2 is 1.59 bits per heavy atom. The quantitative estimate of drug-likeness (QED) is 0.166. The van der Waals surface area contributed by atoms with Gasteiger partial charge in [-0.15, -0.1) is 0 Å². The number of carbonyl (C=O) groups excluding carboxylic acids is 4. The van der Waals surface area contributed by atoms with E-state index in [1.807, 2.05) is 70.0 Å². The van der Waals surface area contributed by atoms with Crippen molar-refractivity contribution in [1.82, 2.24) is 25.3 Å². The number of nitrogens with two attached hydrogens (primary N) is 1. The Kier molecular flexibility index (Phi) is 20.7. The maximum atomic E-state index is 13.7. The number of rotatable bonds is 19. The van der Waals surface area contributed by atoms with E-state index < -0.39 is 24.4 Å². The van der Waals surface area contributed by atoms with Gasteiger partial charge in [-0.25, -0.2) is 0 Å². The lowest BCUT2D eigenvalue weighted by molar-refractivity contribution is -0.145. The van der Waals surface area contributed by atoms with Crippen LogP contribution >= 0.6 is 0 Å². The van der Waals surface area contributed by atoms with Crippen LogP contribution in [0.15, 0.2) is 30.3 Å². The van der Waals surface area contributed by atoms with E-state index in [-0.39, 0.29) is 66.4 Å². The smallest absolute Gasteiger partial charge is 0.235 e. The van der Waals surface area contributed by atoms with Crippen LogP contribution in [-0.4, -0.2) is 134 Å². The number of carbonyl (C=O) groups is 4. The average molecular weight is 761 g/mol. The van der Waals surface area contributed by atoms with Crippen LogP contribution in [0.3, 0.4) is 0 Å². The van der Waals surface area contributed by atoms with Crippen molar-refractivity contribution in [2.45, 2.75) is 129 Å². The molecule has 2 aliphatic heterocycles. The molecule has 8 atom stereocenters. The molecule has 54 heavy (non-hydrogen) atoms. The third-order valence-corrected chi connectivity index (χ3v) is 10.9. The van der Waals surface area contributed by atoms with E-state index in [1.54, 1.807) is 26.0 Å². The van der Waals surface area contributed by atoms with Crippen molar-refractivity contribution in [3.63, 3.8) is 0 Å². The monoisotopic (exact) mass is 761 g/mol. The average Bonchev–Trinajstić information content (AvgIpc) is 3.63. The highest BCUT2D eigenvalue weighted by Crippen LogP contribution is 2.28. The number of hydrogen-bond acceptors (Lipinski definition) is 9. The number of ether oxygens (including phenoxy) is 2. The zero-order chi connectivity index (χ0) is 40.5. The number of likely N-dealkylation sites (N-methyl/N-ethyl adjacent to an activating group) is 1. The lowest BCUT2D eigenvalue weighted by Gasteiger charge is -2.39. The molecule has 4 amide bonds. The predicted octanol–water partition coefficient (Wildman–Crippen LogP) is 3.35. The minimum absolute atomic E-state index is 0.0518. The van der Waals surface area contributed by atoms with E-state index in [1.165, 1.54) is 0 Å². The van der Waals surface area contributed by atoms with Gasteiger partial charge in [-0.2, -0.15) is 0 Å². The Morgan fingerprint density at radius 3 is 2.11 bits per heavy atom. The van der Waals surface area contributed by atoms with E-state index >= 15 is 0 Å². The summed E-state index contributed by atoms with van der Waals surface area (Å²) in [5, 5.41) is 16.8. The number of likely N-dealkylation sites (tertiary alicyclic amines) is 1. The van der Waals surface area contributed by atoms with Crippen LogP contribution in [0.1, 0.15) is 98.7 Å². The first-order valence-electron chi connectivity index (χ1n) is 19.9. The molecular formula is C41H72N6O7. The van der Waals surface area contributed by atoms with Crippen molar-refractivity contribution < 1.29 is 33.8 Å². The number of nitrogens with one attached hydrogen (secondary N) is 2. The van der Waals surface area contributed by atoms with Gasteiger partial charge in [0.1, 0.15) is 0 Å². The summed E-state index contributed by atoms with van der Waals surface area (Å²) in [4.78, 5) is 56.6. The number of methoxy groups -OCH3 is 2. The fourth-order valence-electron chi connectivity index (χ4n) is 7.80. The topological polar surface area (TPSA) is 167 Å². The van der Waals surface area contributed by atoms with E-state index in [0.29, 0.717) is 18.9 Å². The SMILES string of the molecule is CC(C)C(C(N)=O)N1CCNCC1.CCC(C)C(C(CC(=O)N1CCCC1C(CC(=O)N[C@H](C)C(O)c1ccccc1)OC)OC)N(C)C(=O)CC(C)C. The number of primary amides is 1. The minimum atomic E-state index is -0.833. The highest BCUT2D eigenvalue weighted by Gasteiger charge is 2.40. The van der Waals surface area contributed by atoms with Crippen LogP contribution in [0.4, 0.5) is 0 Å². The van der Waals surface area contributed by atoms with E-state index in [2.05, 4.69) is 29.4 Å². The Hall–Kier alpha value is -3.10. The zero-order valence-corrected chi connectivity index (χ0v) is 34.8. The number of amides is 4. The lowest BCUT2D eigenvalue weighted by atomic mass is 9.90. The third-order valence-electron chi connectivity index (χ3n) is 10.9. The first-order chi connectivity index (χ1) is 25.6. The van der Waals surface area contributed by atoms with Gasteiger partial charge in [0.15, 0.2) is 0 Å². The maximum Gasteiger partial charge on any atom is 0.235 e. The molecule has 308 valence electrons. The molecule has 0 aromatic heterocycles. The summed E-state index contributed by atoms with van der Waals surface area (Å²) in [6.45, 7) is 18.4. The molecule has 0 saturated carbocycles. The number of aliphatic hydroxyl groups is 1. The molecule has 0 spiro atoms. The summed E-state index contributed by atoms with van der Waals surface area (Å²) in [5.41, 5.74) is 6.10. The first-order valence-corrected chi connectivity index (χ1v) is 19.9. The molecule has 2 heterocycles. The summed E-state index contributed by atoms with van der Waals surface area (Å²) in [5.74, 6) is 0.238. The van der Waals surface area contributed by atoms with E-state index in [4.69, 9.17) is 15.2 Å². The van der Waals surface area contributed by atoms with Gasteiger partial charge in [0.05, 0.1) is 55.3 Å². The van der Waals surface area contributed by atoms with Crippen molar-refractivity contribution in [3.05, 3.63) is 35.9 Å². The predicted molar refractivity (Wildman–Crippen MR) is 212 cm³/mol. The third kappa shape index (κ3) is 14.2. The van der Waals surface area contributed by atoms with Crippen LogP contribution < -0.4 is 16.4 Å². The molecule has 0 radical (unpaired) electrons. The molecule has 2 fully saturated rings. The number of piperazine rings is 1. The van der Waals surface area contributed by atoms with Crippen molar-refractivity contribution in [2.75, 3.05) is 54.0 Å². The van der Waals surface area contributed by atoms with Crippen molar-refractivity contribution in [2.24, 2.45) is 23.5 Å². The van der Waals surface area contributed by atoms with Gasteiger partial charge >= 0.3 is 0 Å². The van der Waals surface area contributed by atoms with Crippen molar-refractivity contribution >= 4 is 23.6 Å². The number of aliphatic hydroxyl groups excluding tert-OH is 1. The second-order valence-corrected chi connectivity index (χ2v) is 15.8. The molecule has 0 bridgehead atoms. The van der Waals surface area contributed by atoms with Gasteiger partial charge in [0, 0.05) is 60.4 Å². The summed E-state index contributed by atoms with van der Waals surface area (Å²) in [7, 11) is 4.97. The highest BCUT2D eigenvalue weighted by molar-refractivity contribution is 5.80. The minimum Gasteiger partial charge on any atom is -0.386 e. The lowest BCUT2D eigenvalue weighted by Crippen LogP contribution is -2.54. The van der Waals surface area contributed by atoms with Crippen LogP contribution in [-0.2, 0) is 28.7 Å². The Balaban J connectivity index is 0.000000650. The Labute approximate surface area is 325 Å². The Bertz CT molecular complexity index is 1280. The second kappa shape index (κ2) is 23.7. The van der Waals surface area contributed by atoms with Crippen LogP contribution in [0.25, 0.3) is 0 Å². The van der Waals surface area contributed by atoms with Crippen molar-refractivity contribution in [1.29, 1.82) is 0 Å². The van der Waals surface area contributed by atoms with Crippen LogP contribution in [0, 0.1) is 17.8 Å². The molecular weight excluding hydrogens is 688 g/mol. The normalized spacial score (nSPS) is 20.2. The molecule has 1 aromatic rings. The first kappa shape index (κ1) is 47.1. The molecule has 3 rings (SSSR count). The maximum absolute atomic E-state index is 13.7. The molecule has 7 unspecified atom stereocenters. The van der Waals surface area contributed by atoms with Crippen molar-refractivity contribution in [3.8, 4) is 0 Å². The molecule has 13 heteroatoms. The number of hydrogen-bond donors (Lipinski definition) is 4. The zero-order valence-electron chi connectivity index (χ0n) is 34.8.